The van der Waals surface area contributed by atoms with Crippen LogP contribution < -0.4 is 5.73 Å². The van der Waals surface area contributed by atoms with Crippen LogP contribution in [0.5, 0.6) is 0 Å². The van der Waals surface area contributed by atoms with E-state index in [1.807, 2.05) is 0 Å². The molecule has 6 nitrogen and oxygen atoms in total. The van der Waals surface area contributed by atoms with Crippen LogP contribution in [0.25, 0.3) is 0 Å². The van der Waals surface area contributed by atoms with Crippen molar-refractivity contribution >= 4 is 23.4 Å². The first-order valence-corrected chi connectivity index (χ1v) is 6.68. The molecule has 110 valence electrons. The predicted molar refractivity (Wildman–Crippen MR) is 74.0 cm³/mol. The van der Waals surface area contributed by atoms with Crippen molar-refractivity contribution in [1.29, 1.82) is 0 Å². The average molecular weight is 302 g/mol. The number of non-ortho nitro benzene ring substituents is 1. The zero-order valence-corrected chi connectivity index (χ0v) is 11.8. The fourth-order valence-electron chi connectivity index (χ4n) is 1.48. The van der Waals surface area contributed by atoms with Gasteiger partial charge in [-0.2, -0.15) is 0 Å². The standard InChI is InChI=1S/C12H15FN2O4S/c1-12(2,10(14)11(16)17)20-6-7-3-8(13)5-9(4-7)15(18)19/h3-5,10H,6,14H2,1-2H3,(H,16,17)/t10-/m0/s1. The number of nitrogens with two attached hydrogens (primary N) is 1. The molecular weight excluding hydrogens is 287 g/mol. The second-order valence-electron chi connectivity index (χ2n) is 4.78. The fraction of sp³-hybridized carbons (Fsp3) is 0.417. The lowest BCUT2D eigenvalue weighted by atomic mass is 10.1. The van der Waals surface area contributed by atoms with Crippen LogP contribution in [0.1, 0.15) is 19.4 Å². The number of thioether (sulfide) groups is 1. The summed E-state index contributed by atoms with van der Waals surface area (Å²) in [5.74, 6) is -1.60. The minimum absolute atomic E-state index is 0.229. The first-order chi connectivity index (χ1) is 9.13. The normalized spacial score (nSPS) is 13.0. The monoisotopic (exact) mass is 302 g/mol. The second-order valence-corrected chi connectivity index (χ2v) is 6.41. The molecule has 0 aromatic heterocycles. The maximum absolute atomic E-state index is 13.3. The van der Waals surface area contributed by atoms with Gasteiger partial charge >= 0.3 is 5.97 Å². The van der Waals surface area contributed by atoms with Gasteiger partial charge < -0.3 is 10.8 Å². The summed E-state index contributed by atoms with van der Waals surface area (Å²) >= 11 is 1.20. The number of carboxylic acids is 1. The number of halogens is 1. The highest BCUT2D eigenvalue weighted by atomic mass is 32.2. The Morgan fingerprint density at radius 3 is 2.65 bits per heavy atom. The van der Waals surface area contributed by atoms with E-state index in [1.165, 1.54) is 23.9 Å². The highest BCUT2D eigenvalue weighted by Gasteiger charge is 2.32. The van der Waals surface area contributed by atoms with E-state index < -0.39 is 27.5 Å². The maximum Gasteiger partial charge on any atom is 0.321 e. The van der Waals surface area contributed by atoms with E-state index in [0.29, 0.717) is 5.56 Å². The molecule has 0 bridgehead atoms. The molecule has 0 amide bonds. The van der Waals surface area contributed by atoms with E-state index in [-0.39, 0.29) is 11.4 Å². The highest BCUT2D eigenvalue weighted by molar-refractivity contribution is 7.99. The van der Waals surface area contributed by atoms with Crippen molar-refractivity contribution in [2.45, 2.75) is 30.4 Å². The largest absolute Gasteiger partial charge is 0.480 e. The summed E-state index contributed by atoms with van der Waals surface area (Å²) in [5.41, 5.74) is 5.64. The number of aliphatic carboxylic acids is 1. The maximum atomic E-state index is 13.3. The molecule has 1 aromatic rings. The molecule has 0 fully saturated rings. The number of benzene rings is 1. The van der Waals surface area contributed by atoms with Gasteiger partial charge in [-0.25, -0.2) is 4.39 Å². The molecule has 0 radical (unpaired) electrons. The number of hydrogen-bond acceptors (Lipinski definition) is 5. The van der Waals surface area contributed by atoms with Crippen molar-refractivity contribution in [3.05, 3.63) is 39.7 Å². The van der Waals surface area contributed by atoms with Crippen molar-refractivity contribution in [3.63, 3.8) is 0 Å². The zero-order chi connectivity index (χ0) is 15.5. The summed E-state index contributed by atoms with van der Waals surface area (Å²) < 4.78 is 12.5. The second kappa shape index (κ2) is 6.19. The van der Waals surface area contributed by atoms with Gasteiger partial charge in [0.25, 0.3) is 5.69 Å². The number of rotatable bonds is 6. The van der Waals surface area contributed by atoms with Gasteiger partial charge in [-0.05, 0) is 25.5 Å². The average Bonchev–Trinajstić information content (AvgIpc) is 2.34. The molecule has 1 rings (SSSR count). The SMILES string of the molecule is CC(C)(SCc1cc(F)cc([N+](=O)[O-])c1)[C@@H](N)C(=O)O. The molecule has 8 heteroatoms. The molecule has 20 heavy (non-hydrogen) atoms. The van der Waals surface area contributed by atoms with Gasteiger partial charge in [-0.1, -0.05) is 0 Å². The van der Waals surface area contributed by atoms with Gasteiger partial charge in [0.2, 0.25) is 0 Å². The van der Waals surface area contributed by atoms with Gasteiger partial charge in [0, 0.05) is 16.6 Å². The quantitative estimate of drug-likeness (QED) is 0.616. The van der Waals surface area contributed by atoms with Crippen LogP contribution in [0.4, 0.5) is 10.1 Å². The number of carboxylic acid groups (broad SMARTS) is 1. The minimum Gasteiger partial charge on any atom is -0.480 e. The van der Waals surface area contributed by atoms with Crippen molar-refractivity contribution in [1.82, 2.24) is 0 Å². The third-order valence-electron chi connectivity index (χ3n) is 2.78. The number of nitrogens with zero attached hydrogens (tertiary/aromatic N) is 1. The van der Waals surface area contributed by atoms with Gasteiger partial charge in [0.05, 0.1) is 11.0 Å². The summed E-state index contributed by atoms with van der Waals surface area (Å²) in [7, 11) is 0. The number of carbonyl (C=O) groups is 1. The smallest absolute Gasteiger partial charge is 0.321 e. The molecule has 0 spiro atoms. The van der Waals surface area contributed by atoms with E-state index in [2.05, 4.69) is 0 Å². The van der Waals surface area contributed by atoms with Crippen LogP contribution in [0, 0.1) is 15.9 Å². The highest BCUT2D eigenvalue weighted by Crippen LogP contribution is 2.31. The topological polar surface area (TPSA) is 106 Å². The van der Waals surface area contributed by atoms with Crippen molar-refractivity contribution in [2.24, 2.45) is 5.73 Å². The molecule has 0 saturated carbocycles. The number of hydrogen-bond donors (Lipinski definition) is 2. The van der Waals surface area contributed by atoms with Gasteiger partial charge in [-0.15, -0.1) is 11.8 Å². The Morgan fingerprint density at radius 2 is 2.15 bits per heavy atom. The molecule has 0 unspecified atom stereocenters. The van der Waals surface area contributed by atoms with Crippen LogP contribution in [0.2, 0.25) is 0 Å². The van der Waals surface area contributed by atoms with Crippen LogP contribution in [0.3, 0.4) is 0 Å². The van der Waals surface area contributed by atoms with Crippen molar-refractivity contribution in [2.75, 3.05) is 0 Å². The summed E-state index contributed by atoms with van der Waals surface area (Å²) in [6, 6.07) is 2.19. The van der Waals surface area contributed by atoms with Crippen LogP contribution in [0.15, 0.2) is 18.2 Å². The lowest BCUT2D eigenvalue weighted by molar-refractivity contribution is -0.385. The number of nitro benzene ring substituents is 1. The number of nitro groups is 1. The van der Waals surface area contributed by atoms with Gasteiger partial charge in [0.1, 0.15) is 11.9 Å². The molecule has 0 aliphatic carbocycles. The van der Waals surface area contributed by atoms with E-state index in [0.717, 1.165) is 6.07 Å². The van der Waals surface area contributed by atoms with Crippen LogP contribution >= 0.6 is 11.8 Å². The van der Waals surface area contributed by atoms with E-state index in [9.17, 15) is 19.3 Å². The lowest BCUT2D eigenvalue weighted by Gasteiger charge is -2.27. The Morgan fingerprint density at radius 1 is 1.55 bits per heavy atom. The first-order valence-electron chi connectivity index (χ1n) is 5.69. The Balaban J connectivity index is 2.84. The van der Waals surface area contributed by atoms with E-state index >= 15 is 0 Å². The summed E-state index contributed by atoms with van der Waals surface area (Å²) in [4.78, 5) is 20.8. The molecule has 1 atom stereocenters. The predicted octanol–water partition coefficient (Wildman–Crippen LogP) is 2.16. The summed E-state index contributed by atoms with van der Waals surface area (Å²) in [6.07, 6.45) is 0. The molecule has 0 saturated heterocycles. The van der Waals surface area contributed by atoms with Gasteiger partial charge in [0.15, 0.2) is 0 Å². The van der Waals surface area contributed by atoms with E-state index in [4.69, 9.17) is 10.8 Å². The third kappa shape index (κ3) is 4.17. The minimum atomic E-state index is -1.13. The third-order valence-corrected chi connectivity index (χ3v) is 4.25. The van der Waals surface area contributed by atoms with Crippen molar-refractivity contribution in [3.8, 4) is 0 Å². The molecule has 0 aliphatic rings. The fourth-order valence-corrected chi connectivity index (χ4v) is 2.46. The summed E-state index contributed by atoms with van der Waals surface area (Å²) in [6.45, 7) is 3.31. The Hall–Kier alpha value is -1.67. The van der Waals surface area contributed by atoms with Crippen molar-refractivity contribution < 1.29 is 19.2 Å². The zero-order valence-electron chi connectivity index (χ0n) is 11.0. The molecule has 0 heterocycles. The summed E-state index contributed by atoms with van der Waals surface area (Å²) in [5, 5.41) is 19.5. The van der Waals surface area contributed by atoms with E-state index in [1.54, 1.807) is 13.8 Å². The molecule has 3 N–H and O–H groups in total. The Labute approximate surface area is 119 Å². The Bertz CT molecular complexity index is 536. The molecule has 1 aromatic carbocycles. The molecular formula is C12H15FN2O4S. The van der Waals surface area contributed by atoms with Crippen LogP contribution in [-0.4, -0.2) is 26.8 Å². The lowest BCUT2D eigenvalue weighted by Crippen LogP contribution is -2.46. The van der Waals surface area contributed by atoms with Crippen LogP contribution in [-0.2, 0) is 10.5 Å². The first kappa shape index (κ1) is 16.4. The molecule has 0 aliphatic heterocycles. The van der Waals surface area contributed by atoms with Gasteiger partial charge in [-0.3, -0.25) is 14.9 Å². The Kier molecular flexibility index (Phi) is 5.07.